The molecule has 0 aliphatic heterocycles. The van der Waals surface area contributed by atoms with Gasteiger partial charge in [-0.2, -0.15) is 0 Å². The molecule has 9 nitrogen and oxygen atoms in total. The Morgan fingerprint density at radius 1 is 1.14 bits per heavy atom. The fourth-order valence-electron chi connectivity index (χ4n) is 2.84. The van der Waals surface area contributed by atoms with Gasteiger partial charge in [-0.3, -0.25) is 10.1 Å². The molecule has 1 amide bonds. The van der Waals surface area contributed by atoms with Crippen LogP contribution in [-0.4, -0.2) is 80.8 Å². The molecule has 0 spiro atoms. The fourth-order valence-corrected chi connectivity index (χ4v) is 2.84. The molecule has 3 aromatic rings. The zero-order valence-corrected chi connectivity index (χ0v) is 16.1. The van der Waals surface area contributed by atoms with Gasteiger partial charge in [-0.1, -0.05) is 17.2 Å². The summed E-state index contributed by atoms with van der Waals surface area (Å²) in [5, 5.41) is 15.6. The molecule has 0 saturated heterocycles. The number of aromatic amines is 1. The summed E-state index contributed by atoms with van der Waals surface area (Å²) in [7, 11) is 0. The van der Waals surface area contributed by atoms with Crippen molar-refractivity contribution in [2.24, 2.45) is 0 Å². The number of aromatic nitrogens is 5. The van der Waals surface area contributed by atoms with Crippen molar-refractivity contribution in [3.05, 3.63) is 42.1 Å². The van der Waals surface area contributed by atoms with E-state index in [0.717, 1.165) is 24.3 Å². The third-order valence-corrected chi connectivity index (χ3v) is 4.21. The second-order valence-corrected chi connectivity index (χ2v) is 5.93. The molecule has 3 rings (SSSR count). The Labute approximate surface area is 191 Å². The van der Waals surface area contributed by atoms with Gasteiger partial charge in [-0.05, 0) is 43.3 Å². The van der Waals surface area contributed by atoms with E-state index in [4.69, 9.17) is 4.74 Å². The minimum atomic E-state index is -0.430. The fraction of sp³-hybridized carbons (Fsp3) is 0.316. The van der Waals surface area contributed by atoms with Crippen LogP contribution in [0.15, 0.2) is 36.4 Å². The summed E-state index contributed by atoms with van der Waals surface area (Å²) in [6.07, 6.45) is 0. The predicted molar refractivity (Wildman–Crippen MR) is 114 cm³/mol. The first-order chi connectivity index (χ1) is 13.6. The van der Waals surface area contributed by atoms with Gasteiger partial charge < -0.3 is 9.64 Å². The molecule has 2 N–H and O–H groups in total. The second-order valence-electron chi connectivity index (χ2n) is 5.93. The number of hydrogen-bond donors (Lipinski definition) is 2. The molecule has 0 aliphatic rings. The molecule has 0 unspecified atom stereocenters. The molecule has 0 saturated carbocycles. The summed E-state index contributed by atoms with van der Waals surface area (Å²) in [6.45, 7) is 8.50. The van der Waals surface area contributed by atoms with Crippen molar-refractivity contribution in [1.29, 1.82) is 0 Å². The minimum absolute atomic E-state index is 0. The number of H-pyrrole nitrogens is 1. The number of carbonyl (C=O) groups is 1. The van der Waals surface area contributed by atoms with Crippen molar-refractivity contribution in [3.63, 3.8) is 0 Å². The van der Waals surface area contributed by atoms with Gasteiger partial charge in [0, 0.05) is 36.5 Å². The molecule has 2 heterocycles. The third-order valence-electron chi connectivity index (χ3n) is 4.21. The topological polar surface area (TPSA) is 109 Å². The summed E-state index contributed by atoms with van der Waals surface area (Å²) in [4.78, 5) is 19.3. The van der Waals surface area contributed by atoms with Gasteiger partial charge in [-0.15, -0.1) is 0 Å². The van der Waals surface area contributed by atoms with Crippen LogP contribution in [0.2, 0.25) is 0 Å². The van der Waals surface area contributed by atoms with Gasteiger partial charge in [-0.25, -0.2) is 10.1 Å². The Morgan fingerprint density at radius 3 is 2.45 bits per heavy atom. The Hall–Kier alpha value is -2.49. The van der Waals surface area contributed by atoms with E-state index in [2.05, 4.69) is 61.8 Å². The zero-order valence-electron chi connectivity index (χ0n) is 16.1. The average Bonchev–Trinajstić information content (AvgIpc) is 3.22. The van der Waals surface area contributed by atoms with Crippen molar-refractivity contribution in [1.82, 2.24) is 25.6 Å². The van der Waals surface area contributed by atoms with E-state index in [0.29, 0.717) is 18.1 Å². The number of tetrazole rings is 1. The van der Waals surface area contributed by atoms with Gasteiger partial charge in [0.25, 0.3) is 5.91 Å². The van der Waals surface area contributed by atoms with Gasteiger partial charge in [0.05, 0.1) is 12.3 Å². The molecule has 0 fully saturated rings. The van der Waals surface area contributed by atoms with Crippen LogP contribution in [0.25, 0.3) is 11.3 Å². The second kappa shape index (κ2) is 10.9. The number of amides is 1. The van der Waals surface area contributed by atoms with Crippen molar-refractivity contribution < 1.29 is 9.53 Å². The average molecular weight is 405 g/mol. The van der Waals surface area contributed by atoms with Crippen LogP contribution in [0, 0.1) is 0 Å². The van der Waals surface area contributed by atoms with Crippen molar-refractivity contribution in [2.75, 3.05) is 29.9 Å². The van der Waals surface area contributed by atoms with Crippen LogP contribution in [0.3, 0.4) is 0 Å². The number of nitrogens with zero attached hydrogens (tertiary/aromatic N) is 5. The van der Waals surface area contributed by atoms with Crippen LogP contribution in [0.4, 0.5) is 11.6 Å². The maximum atomic E-state index is 12.5. The number of carbonyl (C=O) groups excluding carboxylic acids is 1. The summed E-state index contributed by atoms with van der Waals surface area (Å²) in [5.41, 5.74) is 2.90. The van der Waals surface area contributed by atoms with E-state index in [-0.39, 0.29) is 41.2 Å². The van der Waals surface area contributed by atoms with E-state index in [1.165, 1.54) is 0 Å². The molecular formula is C19H24N7NaO2. The molecule has 148 valence electrons. The van der Waals surface area contributed by atoms with Crippen LogP contribution in [0.5, 0.6) is 5.75 Å². The quantitative estimate of drug-likeness (QED) is 0.553. The van der Waals surface area contributed by atoms with Crippen molar-refractivity contribution >= 4 is 47.1 Å². The van der Waals surface area contributed by atoms with Gasteiger partial charge in [0.2, 0.25) is 5.95 Å². The molecule has 10 heteroatoms. The summed E-state index contributed by atoms with van der Waals surface area (Å²) >= 11 is 0. The van der Waals surface area contributed by atoms with Crippen LogP contribution < -0.4 is 15.0 Å². The van der Waals surface area contributed by atoms with E-state index in [1.54, 1.807) is 6.07 Å². The van der Waals surface area contributed by atoms with Crippen molar-refractivity contribution in [2.45, 2.75) is 20.8 Å². The summed E-state index contributed by atoms with van der Waals surface area (Å²) < 4.78 is 5.61. The molecule has 2 aromatic heterocycles. The van der Waals surface area contributed by atoms with E-state index >= 15 is 0 Å². The number of ether oxygens (including phenoxy) is 1. The van der Waals surface area contributed by atoms with Gasteiger partial charge in [0.15, 0.2) is 0 Å². The number of rotatable bonds is 8. The first-order valence-electron chi connectivity index (χ1n) is 9.19. The number of anilines is 2. The molecule has 0 aliphatic carbocycles. The summed E-state index contributed by atoms with van der Waals surface area (Å²) in [5.74, 6) is 0.293. The zero-order chi connectivity index (χ0) is 19.9. The van der Waals surface area contributed by atoms with Gasteiger partial charge >= 0.3 is 29.6 Å². The van der Waals surface area contributed by atoms with Crippen LogP contribution in [0.1, 0.15) is 31.3 Å². The Bertz CT molecular complexity index is 913. The molecule has 0 radical (unpaired) electrons. The van der Waals surface area contributed by atoms with E-state index < -0.39 is 5.91 Å². The van der Waals surface area contributed by atoms with Gasteiger partial charge in [0.1, 0.15) is 11.4 Å². The van der Waals surface area contributed by atoms with E-state index in [1.807, 2.05) is 25.1 Å². The monoisotopic (exact) mass is 405 g/mol. The Balaban J connectivity index is 0.00000300. The first-order valence-corrected chi connectivity index (χ1v) is 9.19. The molecular weight excluding hydrogens is 381 g/mol. The Kier molecular flexibility index (Phi) is 8.56. The number of pyridine rings is 1. The number of hydrogen-bond acceptors (Lipinski definition) is 7. The van der Waals surface area contributed by atoms with Crippen molar-refractivity contribution in [3.8, 4) is 17.0 Å². The first kappa shape index (κ1) is 22.8. The summed E-state index contributed by atoms with van der Waals surface area (Å²) in [6, 6.07) is 11.5. The predicted octanol–water partition coefficient (Wildman–Crippen LogP) is 2.11. The molecule has 0 atom stereocenters. The van der Waals surface area contributed by atoms with Crippen LogP contribution >= 0.6 is 0 Å². The SMILES string of the molecule is CCOc1cc(C(=O)Nc2nnn[nH]2)nc(-c2ccc(N(CC)CC)cc2)c1.[NaH]. The molecule has 29 heavy (non-hydrogen) atoms. The van der Waals surface area contributed by atoms with E-state index in [9.17, 15) is 4.79 Å². The standard InChI is InChI=1S/C19H23N7O2.Na.H/c1-4-26(5-2)14-9-7-13(8-10-14)16-11-15(28-6-3)12-17(20-16)18(27)21-19-22-24-25-23-19;;/h7-12H,4-6H2,1-3H3,(H2,21,22,23,24,25,27);;. The molecule has 1 aromatic carbocycles. The number of benzene rings is 1. The number of nitrogens with one attached hydrogen (secondary N) is 2. The Morgan fingerprint density at radius 2 is 1.86 bits per heavy atom. The normalized spacial score (nSPS) is 10.2. The van der Waals surface area contributed by atoms with Crippen LogP contribution in [-0.2, 0) is 0 Å². The maximum absolute atomic E-state index is 12.5. The molecule has 0 bridgehead atoms. The third kappa shape index (κ3) is 5.75.